The van der Waals surface area contributed by atoms with Gasteiger partial charge in [-0.25, -0.2) is 9.59 Å². The summed E-state index contributed by atoms with van der Waals surface area (Å²) in [7, 11) is 2.40. The molecule has 3 rings (SSSR count). The maximum atomic E-state index is 12.8. The van der Waals surface area contributed by atoms with Gasteiger partial charge in [-0.1, -0.05) is 107 Å². The van der Waals surface area contributed by atoms with Crippen LogP contribution in [-0.2, 0) is 82.9 Å². The third-order valence-corrected chi connectivity index (χ3v) is 11.1. The molecule has 0 N–H and O–H groups in total. The molecule has 0 saturated heterocycles. The molecule has 0 atom stereocenters. The number of rotatable bonds is 32. The molecular formula is C54H70O13. The fourth-order valence-electron chi connectivity index (χ4n) is 6.83. The zero-order chi connectivity index (χ0) is 49.0. The molecule has 3 aromatic rings. The van der Waals surface area contributed by atoms with Crippen molar-refractivity contribution in [3.63, 3.8) is 0 Å². The summed E-state index contributed by atoms with van der Waals surface area (Å²) < 4.78 is 37.8. The van der Waals surface area contributed by atoms with Crippen LogP contribution in [0.4, 0.5) is 0 Å². The maximum absolute atomic E-state index is 12.8. The molecule has 0 saturated carbocycles. The van der Waals surface area contributed by atoms with Gasteiger partial charge in [0, 0.05) is 11.1 Å². The molecule has 0 unspecified atom stereocenters. The third kappa shape index (κ3) is 21.3. The summed E-state index contributed by atoms with van der Waals surface area (Å²) in [5.74, 6) is -3.56. The second kappa shape index (κ2) is 30.1. The van der Waals surface area contributed by atoms with Crippen LogP contribution in [0.1, 0.15) is 114 Å². The van der Waals surface area contributed by atoms with Gasteiger partial charge < -0.3 is 33.2 Å². The lowest BCUT2D eigenvalue weighted by Crippen LogP contribution is -2.44. The van der Waals surface area contributed by atoms with Gasteiger partial charge in [-0.05, 0) is 97.9 Å². The first-order chi connectivity index (χ1) is 32.2. The van der Waals surface area contributed by atoms with Crippen LogP contribution in [0, 0.1) is 5.41 Å². The summed E-state index contributed by atoms with van der Waals surface area (Å²) in [4.78, 5) is 74.0. The number of ether oxygens (including phenoxy) is 7. The van der Waals surface area contributed by atoms with Crippen molar-refractivity contribution in [2.75, 3.05) is 47.3 Å². The minimum absolute atomic E-state index is 0.0989. The number of esters is 6. The number of hydrogen-bond donors (Lipinski definition) is 0. The van der Waals surface area contributed by atoms with E-state index in [9.17, 15) is 28.8 Å². The van der Waals surface area contributed by atoms with Crippen LogP contribution in [0.25, 0.3) is 11.1 Å². The van der Waals surface area contributed by atoms with E-state index in [0.29, 0.717) is 18.6 Å². The first-order valence-electron chi connectivity index (χ1n) is 23.2. The van der Waals surface area contributed by atoms with Gasteiger partial charge >= 0.3 is 35.8 Å². The van der Waals surface area contributed by atoms with Crippen molar-refractivity contribution >= 4 is 35.8 Å². The maximum Gasteiger partial charge on any atom is 0.333 e. The van der Waals surface area contributed by atoms with E-state index in [1.807, 2.05) is 12.1 Å². The molecule has 0 aliphatic rings. The van der Waals surface area contributed by atoms with Gasteiger partial charge in [0.05, 0.1) is 46.5 Å². The Morgan fingerprint density at radius 3 is 1.49 bits per heavy atom. The fourth-order valence-corrected chi connectivity index (χ4v) is 6.83. The highest BCUT2D eigenvalue weighted by molar-refractivity contribution is 5.87. The highest BCUT2D eigenvalue weighted by Crippen LogP contribution is 2.31. The standard InChI is InChI=1S/C54H70O13/c1-8-9-10-11-12-13-15-41-17-19-42(20-18-41)21-22-43-23-25-44(26-24-43)45-27-28-47(46(34-45)16-14-33-63-52(59)39(2)3)64-35-54(38-67-53(60)40(4)5,36-65-50(57)31-29-48(55)61-6)37-66-51(58)32-30-49(56)62-7/h17-20,23-28,34H,2,4,8-16,21-22,29-33,35-38H2,1,3,5-7H3. The van der Waals surface area contributed by atoms with Crippen LogP contribution in [0.2, 0.25) is 0 Å². The Labute approximate surface area is 396 Å². The third-order valence-electron chi connectivity index (χ3n) is 11.1. The number of carbonyl (C=O) groups is 6. The Morgan fingerprint density at radius 2 is 0.955 bits per heavy atom. The number of benzene rings is 3. The molecule has 364 valence electrons. The minimum Gasteiger partial charge on any atom is -0.492 e. The normalized spacial score (nSPS) is 10.9. The van der Waals surface area contributed by atoms with Gasteiger partial charge in [0.1, 0.15) is 37.6 Å². The molecule has 0 aromatic heterocycles. The molecule has 0 heterocycles. The van der Waals surface area contributed by atoms with E-state index in [-0.39, 0.29) is 50.0 Å². The smallest absolute Gasteiger partial charge is 0.333 e. The van der Waals surface area contributed by atoms with E-state index in [0.717, 1.165) is 36.0 Å². The second-order valence-electron chi connectivity index (χ2n) is 17.0. The zero-order valence-electron chi connectivity index (χ0n) is 40.2. The lowest BCUT2D eigenvalue weighted by molar-refractivity contribution is -0.165. The van der Waals surface area contributed by atoms with E-state index in [2.05, 4.69) is 78.1 Å². The molecule has 0 amide bonds. The number of methoxy groups -OCH3 is 2. The Morgan fingerprint density at radius 1 is 0.493 bits per heavy atom. The summed E-state index contributed by atoms with van der Waals surface area (Å²) in [6, 6.07) is 23.1. The van der Waals surface area contributed by atoms with Gasteiger partial charge in [-0.15, -0.1) is 0 Å². The summed E-state index contributed by atoms with van der Waals surface area (Å²) in [5, 5.41) is 0. The van der Waals surface area contributed by atoms with Gasteiger partial charge in [-0.2, -0.15) is 0 Å². The first-order valence-corrected chi connectivity index (χ1v) is 23.2. The average Bonchev–Trinajstić information content (AvgIpc) is 3.33. The summed E-state index contributed by atoms with van der Waals surface area (Å²) in [5.41, 5.74) is 5.44. The van der Waals surface area contributed by atoms with Crippen molar-refractivity contribution in [2.24, 2.45) is 5.41 Å². The zero-order valence-corrected chi connectivity index (χ0v) is 40.2. The molecule has 13 heteroatoms. The van der Waals surface area contributed by atoms with Crippen molar-refractivity contribution < 1.29 is 61.9 Å². The average molecular weight is 927 g/mol. The van der Waals surface area contributed by atoms with Gasteiger partial charge in [0.25, 0.3) is 0 Å². The highest BCUT2D eigenvalue weighted by atomic mass is 16.6. The van der Waals surface area contributed by atoms with Crippen LogP contribution in [-0.4, -0.2) is 83.1 Å². The number of unbranched alkanes of at least 4 members (excludes halogenated alkanes) is 5. The number of hydrogen-bond acceptors (Lipinski definition) is 13. The largest absolute Gasteiger partial charge is 0.492 e. The van der Waals surface area contributed by atoms with Crippen LogP contribution < -0.4 is 4.74 Å². The summed E-state index contributed by atoms with van der Waals surface area (Å²) in [6.07, 6.45) is 10.5. The molecule has 0 aliphatic carbocycles. The van der Waals surface area contributed by atoms with E-state index in [4.69, 9.17) is 23.7 Å². The van der Waals surface area contributed by atoms with Crippen molar-refractivity contribution in [2.45, 2.75) is 117 Å². The number of carbonyl (C=O) groups excluding carboxylic acids is 6. The lowest BCUT2D eigenvalue weighted by Gasteiger charge is -2.32. The minimum atomic E-state index is -1.48. The number of aryl methyl sites for hydroxylation is 4. The molecular weight excluding hydrogens is 857 g/mol. The van der Waals surface area contributed by atoms with Crippen LogP contribution in [0.5, 0.6) is 5.75 Å². The molecule has 67 heavy (non-hydrogen) atoms. The van der Waals surface area contributed by atoms with E-state index in [1.165, 1.54) is 76.4 Å². The molecule has 0 aliphatic heterocycles. The molecule has 0 bridgehead atoms. The fraction of sp³-hybridized carbons (Fsp3) is 0.481. The van der Waals surface area contributed by atoms with E-state index < -0.39 is 61.1 Å². The molecule has 3 aromatic carbocycles. The van der Waals surface area contributed by atoms with Crippen LogP contribution in [0.15, 0.2) is 91.0 Å². The van der Waals surface area contributed by atoms with Crippen molar-refractivity contribution in [3.8, 4) is 16.9 Å². The molecule has 0 spiro atoms. The topological polar surface area (TPSA) is 167 Å². The Bertz CT molecular complexity index is 2050. The van der Waals surface area contributed by atoms with Crippen LogP contribution in [0.3, 0.4) is 0 Å². The van der Waals surface area contributed by atoms with Crippen LogP contribution >= 0.6 is 0 Å². The van der Waals surface area contributed by atoms with E-state index in [1.54, 1.807) is 13.0 Å². The Hall–Kier alpha value is -6.24. The first kappa shape index (κ1) is 55.1. The molecule has 13 nitrogen and oxygen atoms in total. The Balaban J connectivity index is 1.86. The summed E-state index contributed by atoms with van der Waals surface area (Å²) >= 11 is 0. The molecule has 0 radical (unpaired) electrons. The van der Waals surface area contributed by atoms with Gasteiger partial charge in [0.2, 0.25) is 0 Å². The monoisotopic (exact) mass is 926 g/mol. The Kier molecular flexibility index (Phi) is 24.8. The van der Waals surface area contributed by atoms with Crippen molar-refractivity contribution in [1.29, 1.82) is 0 Å². The summed E-state index contributed by atoms with van der Waals surface area (Å²) in [6.45, 7) is 11.0. The van der Waals surface area contributed by atoms with Gasteiger partial charge in [-0.3, -0.25) is 19.2 Å². The van der Waals surface area contributed by atoms with Gasteiger partial charge in [0.15, 0.2) is 0 Å². The SMILES string of the molecule is C=C(C)C(=O)OCCCc1cc(-c2ccc(CCc3ccc(CCCCCCCC)cc3)cc2)ccc1OCC(COC(=O)CCC(=O)OC)(COC(=O)CCC(=O)OC)COC(=O)C(=C)C. The predicted molar refractivity (Wildman–Crippen MR) is 255 cm³/mol. The van der Waals surface area contributed by atoms with Crippen molar-refractivity contribution in [1.82, 2.24) is 0 Å². The molecule has 0 fully saturated rings. The quantitative estimate of drug-likeness (QED) is 0.0252. The highest BCUT2D eigenvalue weighted by Gasteiger charge is 2.38. The second-order valence-corrected chi connectivity index (χ2v) is 17.0. The lowest BCUT2D eigenvalue weighted by atomic mass is 9.91. The van der Waals surface area contributed by atoms with Crippen molar-refractivity contribution in [3.05, 3.63) is 113 Å². The van der Waals surface area contributed by atoms with E-state index >= 15 is 0 Å². The predicted octanol–water partition coefficient (Wildman–Crippen LogP) is 9.57.